The number of benzene rings is 1. The topological polar surface area (TPSA) is 78.2 Å². The fraction of sp³-hybridized carbons (Fsp3) is 0.300. The van der Waals surface area contributed by atoms with E-state index >= 15 is 0 Å². The van der Waals surface area contributed by atoms with Crippen molar-refractivity contribution in [2.75, 3.05) is 13.1 Å². The van der Waals surface area contributed by atoms with Crippen molar-refractivity contribution in [2.24, 2.45) is 0 Å². The summed E-state index contributed by atoms with van der Waals surface area (Å²) in [4.78, 5) is 12.4. The third-order valence-electron chi connectivity index (χ3n) is 5.47. The fourth-order valence-electron chi connectivity index (χ4n) is 4.01. The van der Waals surface area contributed by atoms with E-state index in [9.17, 15) is 5.11 Å². The van der Waals surface area contributed by atoms with E-state index in [1.54, 1.807) is 0 Å². The molecule has 3 N–H and O–H groups in total. The van der Waals surface area contributed by atoms with Crippen LogP contribution in [0, 0.1) is 6.92 Å². The Kier molecular flexibility index (Phi) is 3.38. The van der Waals surface area contributed by atoms with Gasteiger partial charge in [-0.2, -0.15) is 0 Å². The number of H-pyrrole nitrogens is 1. The highest BCUT2D eigenvalue weighted by Crippen LogP contribution is 2.33. The lowest BCUT2D eigenvalue weighted by Gasteiger charge is -2.33. The summed E-state index contributed by atoms with van der Waals surface area (Å²) >= 11 is 0. The minimum absolute atomic E-state index is 0.727. The van der Waals surface area contributed by atoms with E-state index in [0.717, 1.165) is 65.3 Å². The lowest BCUT2D eigenvalue weighted by Crippen LogP contribution is -2.39. The molecule has 4 heterocycles. The van der Waals surface area contributed by atoms with Crippen molar-refractivity contribution in [1.82, 2.24) is 24.7 Å². The van der Waals surface area contributed by atoms with Crippen LogP contribution in [-0.2, 0) is 5.60 Å². The van der Waals surface area contributed by atoms with E-state index in [-0.39, 0.29) is 0 Å². The minimum atomic E-state index is -0.727. The maximum absolute atomic E-state index is 10.9. The molecule has 6 nitrogen and oxygen atoms in total. The Labute approximate surface area is 150 Å². The molecule has 0 bridgehead atoms. The molecule has 1 aliphatic heterocycles. The number of hydrogen-bond donors (Lipinski definition) is 3. The number of rotatable bonds is 2. The SMILES string of the molecule is Cc1nc(-c2ccc(C3(O)CCNCC3)cc2)c2cnc3[nH]ccc3n12. The van der Waals surface area contributed by atoms with Crippen molar-refractivity contribution in [3.8, 4) is 11.3 Å². The molecule has 1 saturated heterocycles. The number of aromatic amines is 1. The highest BCUT2D eigenvalue weighted by Gasteiger charge is 2.31. The number of piperidine rings is 1. The molecule has 1 aromatic carbocycles. The quantitative estimate of drug-likeness (QED) is 0.521. The Bertz CT molecular complexity index is 1090. The van der Waals surface area contributed by atoms with Crippen LogP contribution in [0.15, 0.2) is 42.7 Å². The van der Waals surface area contributed by atoms with Crippen LogP contribution >= 0.6 is 0 Å². The number of imidazole rings is 1. The Hall–Kier alpha value is -2.70. The van der Waals surface area contributed by atoms with Crippen LogP contribution in [0.5, 0.6) is 0 Å². The second-order valence-corrected chi connectivity index (χ2v) is 7.06. The van der Waals surface area contributed by atoms with Crippen LogP contribution in [0.3, 0.4) is 0 Å². The maximum atomic E-state index is 10.9. The van der Waals surface area contributed by atoms with Gasteiger partial charge in [0.1, 0.15) is 5.82 Å². The second kappa shape index (κ2) is 5.65. The fourth-order valence-corrected chi connectivity index (χ4v) is 4.01. The molecular formula is C20H21N5O. The van der Waals surface area contributed by atoms with Gasteiger partial charge in [-0.3, -0.25) is 4.40 Å². The zero-order valence-corrected chi connectivity index (χ0v) is 14.7. The molecular weight excluding hydrogens is 326 g/mol. The van der Waals surface area contributed by atoms with E-state index < -0.39 is 5.60 Å². The van der Waals surface area contributed by atoms with Gasteiger partial charge in [-0.05, 0) is 44.5 Å². The number of nitrogens with one attached hydrogen (secondary N) is 2. The summed E-state index contributed by atoms with van der Waals surface area (Å²) < 4.78 is 2.13. The molecule has 4 aromatic rings. The van der Waals surface area contributed by atoms with Gasteiger partial charge in [0.25, 0.3) is 0 Å². The summed E-state index contributed by atoms with van der Waals surface area (Å²) in [6.07, 6.45) is 5.25. The number of nitrogens with zero attached hydrogens (tertiary/aromatic N) is 3. The van der Waals surface area contributed by atoms with Crippen molar-refractivity contribution in [2.45, 2.75) is 25.4 Å². The van der Waals surface area contributed by atoms with Gasteiger partial charge >= 0.3 is 0 Å². The van der Waals surface area contributed by atoms with E-state index in [2.05, 4.69) is 31.8 Å². The smallest absolute Gasteiger partial charge is 0.154 e. The summed E-state index contributed by atoms with van der Waals surface area (Å²) in [7, 11) is 0. The number of aryl methyl sites for hydroxylation is 1. The van der Waals surface area contributed by atoms with E-state index in [1.165, 1.54) is 0 Å². The molecule has 0 unspecified atom stereocenters. The van der Waals surface area contributed by atoms with Crippen molar-refractivity contribution in [3.63, 3.8) is 0 Å². The van der Waals surface area contributed by atoms with E-state index in [1.807, 2.05) is 37.5 Å². The Morgan fingerprint density at radius 2 is 1.85 bits per heavy atom. The summed E-state index contributed by atoms with van der Waals surface area (Å²) in [6.45, 7) is 3.71. The molecule has 1 fully saturated rings. The molecule has 0 radical (unpaired) electrons. The Morgan fingerprint density at radius 3 is 2.62 bits per heavy atom. The van der Waals surface area contributed by atoms with Gasteiger partial charge in [-0.1, -0.05) is 24.3 Å². The molecule has 3 aromatic heterocycles. The zero-order valence-electron chi connectivity index (χ0n) is 14.7. The molecule has 0 atom stereocenters. The third kappa shape index (κ3) is 2.26. The van der Waals surface area contributed by atoms with Gasteiger partial charge in [-0.25, -0.2) is 9.97 Å². The van der Waals surface area contributed by atoms with Gasteiger partial charge in [-0.15, -0.1) is 0 Å². The molecule has 26 heavy (non-hydrogen) atoms. The first-order valence-corrected chi connectivity index (χ1v) is 9.01. The van der Waals surface area contributed by atoms with Crippen molar-refractivity contribution in [1.29, 1.82) is 0 Å². The van der Waals surface area contributed by atoms with Gasteiger partial charge in [0.2, 0.25) is 0 Å². The van der Waals surface area contributed by atoms with E-state index in [0.29, 0.717) is 0 Å². The van der Waals surface area contributed by atoms with Crippen LogP contribution in [0.2, 0.25) is 0 Å². The third-order valence-corrected chi connectivity index (χ3v) is 5.47. The largest absolute Gasteiger partial charge is 0.385 e. The first kappa shape index (κ1) is 15.5. The lowest BCUT2D eigenvalue weighted by molar-refractivity contribution is 0.00595. The average Bonchev–Trinajstić information content (AvgIpc) is 3.26. The first-order valence-electron chi connectivity index (χ1n) is 9.01. The highest BCUT2D eigenvalue weighted by molar-refractivity contribution is 5.84. The van der Waals surface area contributed by atoms with Crippen LogP contribution < -0.4 is 5.32 Å². The summed E-state index contributed by atoms with van der Waals surface area (Å²) in [6, 6.07) is 10.2. The molecule has 6 heteroatoms. The molecule has 0 spiro atoms. The van der Waals surface area contributed by atoms with Crippen molar-refractivity contribution >= 4 is 16.7 Å². The molecule has 1 aliphatic rings. The molecule has 5 rings (SSSR count). The number of fused-ring (bicyclic) bond motifs is 3. The van der Waals surface area contributed by atoms with Crippen molar-refractivity contribution < 1.29 is 5.11 Å². The monoisotopic (exact) mass is 347 g/mol. The predicted octanol–water partition coefficient (Wildman–Crippen LogP) is 2.76. The standard InChI is InChI=1S/C20H21N5O/c1-13-24-18(17-12-23-19-16(25(13)17)6-9-22-19)14-2-4-15(5-3-14)20(26)7-10-21-11-8-20/h2-6,9,12,21-22,26H,7-8,10-11H2,1H3. The summed E-state index contributed by atoms with van der Waals surface area (Å²) in [5.41, 5.74) is 5.08. The van der Waals surface area contributed by atoms with Gasteiger partial charge in [0, 0.05) is 11.8 Å². The van der Waals surface area contributed by atoms with Crippen LogP contribution in [0.4, 0.5) is 0 Å². The van der Waals surface area contributed by atoms with Crippen LogP contribution in [0.25, 0.3) is 27.9 Å². The molecule has 0 saturated carbocycles. The van der Waals surface area contributed by atoms with Crippen molar-refractivity contribution in [3.05, 3.63) is 54.1 Å². The number of hydrogen-bond acceptors (Lipinski definition) is 4. The number of aromatic nitrogens is 4. The summed E-state index contributed by atoms with van der Waals surface area (Å²) in [5, 5.41) is 14.2. The first-order chi connectivity index (χ1) is 12.7. The van der Waals surface area contributed by atoms with Gasteiger partial charge < -0.3 is 15.4 Å². The predicted molar refractivity (Wildman–Crippen MR) is 101 cm³/mol. The highest BCUT2D eigenvalue weighted by atomic mass is 16.3. The summed E-state index contributed by atoms with van der Waals surface area (Å²) in [5.74, 6) is 0.933. The average molecular weight is 347 g/mol. The van der Waals surface area contributed by atoms with Crippen LogP contribution in [-0.4, -0.2) is 37.5 Å². The number of aliphatic hydroxyl groups is 1. The molecule has 132 valence electrons. The Balaban J connectivity index is 1.60. The second-order valence-electron chi connectivity index (χ2n) is 7.06. The zero-order chi connectivity index (χ0) is 17.7. The molecule has 0 aliphatic carbocycles. The van der Waals surface area contributed by atoms with Gasteiger partial charge in [0.15, 0.2) is 5.65 Å². The Morgan fingerprint density at radius 1 is 1.08 bits per heavy atom. The normalized spacial score (nSPS) is 17.2. The van der Waals surface area contributed by atoms with Gasteiger partial charge in [0.05, 0.1) is 28.5 Å². The van der Waals surface area contributed by atoms with E-state index in [4.69, 9.17) is 4.98 Å². The molecule has 0 amide bonds. The van der Waals surface area contributed by atoms with Crippen LogP contribution in [0.1, 0.15) is 24.2 Å². The minimum Gasteiger partial charge on any atom is -0.385 e. The lowest BCUT2D eigenvalue weighted by atomic mass is 9.85. The maximum Gasteiger partial charge on any atom is 0.154 e.